The Balaban J connectivity index is 2.19. The van der Waals surface area contributed by atoms with E-state index in [2.05, 4.69) is 56.3 Å². The molecule has 1 atom stereocenters. The van der Waals surface area contributed by atoms with E-state index in [1.54, 1.807) is 0 Å². The number of fused-ring (bicyclic) bond motifs is 1. The monoisotopic (exact) mass is 240 g/mol. The summed E-state index contributed by atoms with van der Waals surface area (Å²) in [5.41, 5.74) is 1.52. The minimum atomic E-state index is 0.843. The SMILES string of the molecule is CCCCC(CC)Cc1cccc2ccccc12. The van der Waals surface area contributed by atoms with E-state index in [1.165, 1.54) is 48.4 Å². The van der Waals surface area contributed by atoms with Crippen molar-refractivity contribution >= 4 is 10.8 Å². The van der Waals surface area contributed by atoms with E-state index in [9.17, 15) is 0 Å². The lowest BCUT2D eigenvalue weighted by molar-refractivity contribution is 0.450. The molecule has 0 spiro atoms. The fourth-order valence-electron chi connectivity index (χ4n) is 2.72. The second-order valence-corrected chi connectivity index (χ2v) is 5.26. The van der Waals surface area contributed by atoms with Crippen LogP contribution in [0.1, 0.15) is 45.1 Å². The van der Waals surface area contributed by atoms with Gasteiger partial charge in [0.05, 0.1) is 0 Å². The second-order valence-electron chi connectivity index (χ2n) is 5.26. The number of hydrogen-bond donors (Lipinski definition) is 0. The van der Waals surface area contributed by atoms with Crippen LogP contribution in [0.4, 0.5) is 0 Å². The van der Waals surface area contributed by atoms with E-state index in [1.807, 2.05) is 0 Å². The molecule has 0 amide bonds. The Labute approximate surface area is 111 Å². The van der Waals surface area contributed by atoms with Crippen LogP contribution in [0.15, 0.2) is 42.5 Å². The predicted octanol–water partition coefficient (Wildman–Crippen LogP) is 5.60. The van der Waals surface area contributed by atoms with Crippen LogP contribution >= 0.6 is 0 Å². The predicted molar refractivity (Wildman–Crippen MR) is 81.0 cm³/mol. The molecule has 0 saturated heterocycles. The van der Waals surface area contributed by atoms with Crippen molar-refractivity contribution in [3.05, 3.63) is 48.0 Å². The molecule has 0 N–H and O–H groups in total. The van der Waals surface area contributed by atoms with E-state index in [-0.39, 0.29) is 0 Å². The summed E-state index contributed by atoms with van der Waals surface area (Å²) in [6.45, 7) is 4.61. The first-order chi connectivity index (χ1) is 8.85. The first-order valence-corrected chi connectivity index (χ1v) is 7.31. The Morgan fingerprint density at radius 2 is 1.72 bits per heavy atom. The van der Waals surface area contributed by atoms with Gasteiger partial charge in [-0.3, -0.25) is 0 Å². The Morgan fingerprint density at radius 3 is 2.50 bits per heavy atom. The topological polar surface area (TPSA) is 0 Å². The highest BCUT2D eigenvalue weighted by Gasteiger charge is 2.09. The molecule has 2 aromatic carbocycles. The number of rotatable bonds is 6. The van der Waals surface area contributed by atoms with Crippen molar-refractivity contribution in [2.75, 3.05) is 0 Å². The average molecular weight is 240 g/mol. The molecule has 0 aliphatic rings. The smallest absolute Gasteiger partial charge is 0.0152 e. The highest BCUT2D eigenvalue weighted by Crippen LogP contribution is 2.24. The zero-order chi connectivity index (χ0) is 12.8. The molecule has 0 heterocycles. The third-order valence-electron chi connectivity index (χ3n) is 3.93. The maximum atomic E-state index is 2.32. The first kappa shape index (κ1) is 13.1. The molecule has 18 heavy (non-hydrogen) atoms. The third-order valence-corrected chi connectivity index (χ3v) is 3.93. The minimum Gasteiger partial charge on any atom is -0.0654 e. The Bertz CT molecular complexity index is 479. The molecule has 0 radical (unpaired) electrons. The van der Waals surface area contributed by atoms with Crippen molar-refractivity contribution in [3.63, 3.8) is 0 Å². The van der Waals surface area contributed by atoms with Gasteiger partial charge in [0.15, 0.2) is 0 Å². The van der Waals surface area contributed by atoms with E-state index in [0.29, 0.717) is 0 Å². The van der Waals surface area contributed by atoms with Gasteiger partial charge in [0.1, 0.15) is 0 Å². The summed E-state index contributed by atoms with van der Waals surface area (Å²) < 4.78 is 0. The summed E-state index contributed by atoms with van der Waals surface area (Å²) in [5.74, 6) is 0.843. The number of benzene rings is 2. The van der Waals surface area contributed by atoms with Gasteiger partial charge in [0.2, 0.25) is 0 Å². The second kappa shape index (κ2) is 6.58. The zero-order valence-corrected chi connectivity index (χ0v) is 11.7. The van der Waals surface area contributed by atoms with Crippen molar-refractivity contribution in [2.24, 2.45) is 5.92 Å². The van der Waals surface area contributed by atoms with Gasteiger partial charge in [-0.15, -0.1) is 0 Å². The van der Waals surface area contributed by atoms with E-state index in [0.717, 1.165) is 5.92 Å². The Kier molecular flexibility index (Phi) is 4.81. The molecule has 0 fully saturated rings. The van der Waals surface area contributed by atoms with E-state index in [4.69, 9.17) is 0 Å². The molecule has 96 valence electrons. The summed E-state index contributed by atoms with van der Waals surface area (Å²) in [6.07, 6.45) is 6.58. The lowest BCUT2D eigenvalue weighted by Gasteiger charge is -2.16. The van der Waals surface area contributed by atoms with Gasteiger partial charge in [-0.05, 0) is 28.7 Å². The zero-order valence-electron chi connectivity index (χ0n) is 11.7. The third kappa shape index (κ3) is 3.13. The van der Waals surface area contributed by atoms with Gasteiger partial charge >= 0.3 is 0 Å². The molecule has 1 unspecified atom stereocenters. The van der Waals surface area contributed by atoms with E-state index < -0.39 is 0 Å². The van der Waals surface area contributed by atoms with Gasteiger partial charge in [-0.25, -0.2) is 0 Å². The van der Waals surface area contributed by atoms with Crippen molar-refractivity contribution < 1.29 is 0 Å². The molecular weight excluding hydrogens is 216 g/mol. The van der Waals surface area contributed by atoms with Crippen LogP contribution < -0.4 is 0 Å². The van der Waals surface area contributed by atoms with Crippen LogP contribution in [0.3, 0.4) is 0 Å². The molecular formula is C18H24. The van der Waals surface area contributed by atoms with Gasteiger partial charge in [-0.2, -0.15) is 0 Å². The Hall–Kier alpha value is -1.30. The quantitative estimate of drug-likeness (QED) is 0.616. The molecule has 0 aliphatic carbocycles. The fourth-order valence-corrected chi connectivity index (χ4v) is 2.72. The molecule has 2 aromatic rings. The summed E-state index contributed by atoms with van der Waals surface area (Å²) in [4.78, 5) is 0. The normalized spacial score (nSPS) is 12.8. The average Bonchev–Trinajstić information content (AvgIpc) is 2.43. The lowest BCUT2D eigenvalue weighted by Crippen LogP contribution is -2.03. The molecule has 0 bridgehead atoms. The lowest BCUT2D eigenvalue weighted by atomic mass is 9.90. The molecule has 0 heteroatoms. The molecule has 2 rings (SSSR count). The number of hydrogen-bond acceptors (Lipinski definition) is 0. The maximum absolute atomic E-state index is 2.32. The van der Waals surface area contributed by atoms with Crippen LogP contribution in [0, 0.1) is 5.92 Å². The van der Waals surface area contributed by atoms with Gasteiger partial charge in [0, 0.05) is 0 Å². The highest BCUT2D eigenvalue weighted by molar-refractivity contribution is 5.85. The molecule has 0 saturated carbocycles. The van der Waals surface area contributed by atoms with Gasteiger partial charge in [-0.1, -0.05) is 82.0 Å². The molecule has 0 aromatic heterocycles. The fraction of sp³-hybridized carbons (Fsp3) is 0.444. The largest absolute Gasteiger partial charge is 0.0654 e. The van der Waals surface area contributed by atoms with Crippen LogP contribution in [-0.2, 0) is 6.42 Å². The summed E-state index contributed by atoms with van der Waals surface area (Å²) in [7, 11) is 0. The molecule has 0 nitrogen and oxygen atoms in total. The van der Waals surface area contributed by atoms with Crippen LogP contribution in [-0.4, -0.2) is 0 Å². The summed E-state index contributed by atoms with van der Waals surface area (Å²) >= 11 is 0. The molecule has 0 aliphatic heterocycles. The summed E-state index contributed by atoms with van der Waals surface area (Å²) in [6, 6.07) is 15.5. The van der Waals surface area contributed by atoms with Crippen molar-refractivity contribution in [1.82, 2.24) is 0 Å². The van der Waals surface area contributed by atoms with Crippen molar-refractivity contribution in [1.29, 1.82) is 0 Å². The van der Waals surface area contributed by atoms with Crippen molar-refractivity contribution in [2.45, 2.75) is 46.0 Å². The van der Waals surface area contributed by atoms with Crippen molar-refractivity contribution in [3.8, 4) is 0 Å². The number of unbranched alkanes of at least 4 members (excludes halogenated alkanes) is 1. The van der Waals surface area contributed by atoms with Crippen LogP contribution in [0.2, 0.25) is 0 Å². The standard InChI is InChI=1S/C18H24/c1-3-5-9-15(4-2)14-17-12-8-11-16-10-6-7-13-18(16)17/h6-8,10-13,15H,3-5,9,14H2,1-2H3. The maximum Gasteiger partial charge on any atom is -0.0152 e. The van der Waals surface area contributed by atoms with Gasteiger partial charge in [0.25, 0.3) is 0 Å². The first-order valence-electron chi connectivity index (χ1n) is 7.31. The van der Waals surface area contributed by atoms with Crippen LogP contribution in [0.5, 0.6) is 0 Å². The highest BCUT2D eigenvalue weighted by atomic mass is 14.1. The van der Waals surface area contributed by atoms with Gasteiger partial charge < -0.3 is 0 Å². The summed E-state index contributed by atoms with van der Waals surface area (Å²) in [5, 5.41) is 2.82. The Morgan fingerprint density at radius 1 is 0.944 bits per heavy atom. The van der Waals surface area contributed by atoms with E-state index >= 15 is 0 Å². The minimum absolute atomic E-state index is 0.843. The van der Waals surface area contributed by atoms with Crippen LogP contribution in [0.25, 0.3) is 10.8 Å².